The van der Waals surface area contributed by atoms with Crippen LogP contribution in [0.5, 0.6) is 0 Å². The van der Waals surface area contributed by atoms with Crippen LogP contribution in [0.4, 0.5) is 0 Å². The summed E-state index contributed by atoms with van der Waals surface area (Å²) in [6.45, 7) is 1.98. The van der Waals surface area contributed by atoms with Gasteiger partial charge < -0.3 is 14.8 Å². The molecule has 3 nitrogen and oxygen atoms in total. The van der Waals surface area contributed by atoms with Gasteiger partial charge in [-0.2, -0.15) is 0 Å². The molecule has 3 rings (SSSR count). The highest BCUT2D eigenvalue weighted by molar-refractivity contribution is 4.94. The Labute approximate surface area is 85.1 Å². The molecule has 3 heteroatoms. The molecule has 0 spiro atoms. The van der Waals surface area contributed by atoms with Gasteiger partial charge in [-0.1, -0.05) is 0 Å². The number of nitrogens with one attached hydrogen (secondary N) is 1. The molecule has 0 aromatic carbocycles. The molecule has 3 fully saturated rings. The Bertz CT molecular complexity index is 203. The fraction of sp³-hybridized carbons (Fsp3) is 1.00. The predicted molar refractivity (Wildman–Crippen MR) is 53.3 cm³/mol. The molecule has 0 radical (unpaired) electrons. The topological polar surface area (TPSA) is 30.5 Å². The van der Waals surface area contributed by atoms with Gasteiger partial charge in [0.2, 0.25) is 0 Å². The van der Waals surface area contributed by atoms with E-state index in [4.69, 9.17) is 9.47 Å². The van der Waals surface area contributed by atoms with Crippen molar-refractivity contribution in [1.29, 1.82) is 0 Å². The summed E-state index contributed by atoms with van der Waals surface area (Å²) in [5.41, 5.74) is 0. The molecule has 3 saturated heterocycles. The molecule has 3 heterocycles. The van der Waals surface area contributed by atoms with E-state index in [2.05, 4.69) is 5.32 Å². The lowest BCUT2D eigenvalue weighted by Gasteiger charge is -2.21. The lowest BCUT2D eigenvalue weighted by Crippen LogP contribution is -2.41. The Morgan fingerprint density at radius 2 is 2.21 bits per heavy atom. The van der Waals surface area contributed by atoms with Gasteiger partial charge in [0.05, 0.1) is 18.3 Å². The van der Waals surface area contributed by atoms with Crippen molar-refractivity contribution in [2.24, 2.45) is 0 Å². The van der Waals surface area contributed by atoms with E-state index >= 15 is 0 Å². The van der Waals surface area contributed by atoms with Gasteiger partial charge in [-0.3, -0.25) is 0 Å². The normalized spacial score (nSPS) is 46.3. The maximum Gasteiger partial charge on any atom is 0.0733 e. The van der Waals surface area contributed by atoms with E-state index in [0.29, 0.717) is 24.4 Å². The molecule has 0 amide bonds. The summed E-state index contributed by atoms with van der Waals surface area (Å²) in [7, 11) is 0. The Kier molecular flexibility index (Phi) is 2.48. The highest BCUT2D eigenvalue weighted by Crippen LogP contribution is 2.34. The first-order chi connectivity index (χ1) is 6.92. The predicted octanol–water partition coefficient (Wildman–Crippen LogP) is 1.07. The molecular weight excluding hydrogens is 178 g/mol. The standard InChI is InChI=1S/C11H19NO2/c1-2-9(13-5-1)7-12-10-6-8-3-4-11(10)14-8/h8-12H,1-7H2. The van der Waals surface area contributed by atoms with Gasteiger partial charge >= 0.3 is 0 Å². The van der Waals surface area contributed by atoms with Crippen LogP contribution in [0, 0.1) is 0 Å². The third-order valence-corrected chi connectivity index (χ3v) is 3.74. The number of rotatable bonds is 3. The quantitative estimate of drug-likeness (QED) is 0.734. The van der Waals surface area contributed by atoms with Crippen LogP contribution in [-0.2, 0) is 9.47 Å². The largest absolute Gasteiger partial charge is 0.377 e. The average molecular weight is 197 g/mol. The van der Waals surface area contributed by atoms with Crippen molar-refractivity contribution in [3.8, 4) is 0 Å². The third-order valence-electron chi connectivity index (χ3n) is 3.74. The number of hydrogen-bond acceptors (Lipinski definition) is 3. The van der Waals surface area contributed by atoms with Crippen LogP contribution in [0.2, 0.25) is 0 Å². The molecule has 0 aliphatic carbocycles. The number of fused-ring (bicyclic) bond motifs is 2. The molecule has 1 N–H and O–H groups in total. The molecule has 2 bridgehead atoms. The van der Waals surface area contributed by atoms with E-state index in [9.17, 15) is 0 Å². The third kappa shape index (κ3) is 1.69. The van der Waals surface area contributed by atoms with Gasteiger partial charge in [0.15, 0.2) is 0 Å². The van der Waals surface area contributed by atoms with Crippen LogP contribution in [0.15, 0.2) is 0 Å². The van der Waals surface area contributed by atoms with Crippen LogP contribution < -0.4 is 5.32 Å². The first-order valence-electron chi connectivity index (χ1n) is 5.92. The van der Waals surface area contributed by atoms with Crippen molar-refractivity contribution in [1.82, 2.24) is 5.32 Å². The van der Waals surface area contributed by atoms with Crippen molar-refractivity contribution < 1.29 is 9.47 Å². The van der Waals surface area contributed by atoms with Crippen LogP contribution in [0.1, 0.15) is 32.1 Å². The zero-order chi connectivity index (χ0) is 9.38. The van der Waals surface area contributed by atoms with Crippen molar-refractivity contribution in [2.75, 3.05) is 13.2 Å². The second-order valence-electron chi connectivity index (χ2n) is 4.76. The molecule has 4 atom stereocenters. The lowest BCUT2D eigenvalue weighted by molar-refractivity contribution is 0.0872. The molecule has 4 unspecified atom stereocenters. The summed E-state index contributed by atoms with van der Waals surface area (Å²) in [5.74, 6) is 0. The zero-order valence-corrected chi connectivity index (χ0v) is 8.58. The van der Waals surface area contributed by atoms with E-state index < -0.39 is 0 Å². The van der Waals surface area contributed by atoms with Crippen molar-refractivity contribution in [3.05, 3.63) is 0 Å². The minimum absolute atomic E-state index is 0.467. The molecule has 3 aliphatic rings. The van der Waals surface area contributed by atoms with E-state index in [1.54, 1.807) is 0 Å². The van der Waals surface area contributed by atoms with Crippen LogP contribution >= 0.6 is 0 Å². The summed E-state index contributed by atoms with van der Waals surface area (Å²) in [6.07, 6.45) is 7.75. The van der Waals surface area contributed by atoms with E-state index in [0.717, 1.165) is 13.2 Å². The summed E-state index contributed by atoms with van der Waals surface area (Å²) in [5, 5.41) is 3.60. The maximum atomic E-state index is 5.80. The van der Waals surface area contributed by atoms with Gasteiger partial charge in [0.1, 0.15) is 0 Å². The molecule has 14 heavy (non-hydrogen) atoms. The minimum Gasteiger partial charge on any atom is -0.377 e. The monoisotopic (exact) mass is 197 g/mol. The molecule has 0 saturated carbocycles. The Morgan fingerprint density at radius 3 is 2.86 bits per heavy atom. The van der Waals surface area contributed by atoms with Gasteiger partial charge in [-0.15, -0.1) is 0 Å². The number of ether oxygens (including phenoxy) is 2. The molecule has 3 aliphatic heterocycles. The highest BCUT2D eigenvalue weighted by atomic mass is 16.5. The van der Waals surface area contributed by atoms with Gasteiger partial charge in [0, 0.05) is 19.2 Å². The molecule has 80 valence electrons. The first-order valence-corrected chi connectivity index (χ1v) is 5.92. The van der Waals surface area contributed by atoms with Crippen LogP contribution in [-0.4, -0.2) is 37.5 Å². The van der Waals surface area contributed by atoms with Crippen LogP contribution in [0.25, 0.3) is 0 Å². The van der Waals surface area contributed by atoms with Gasteiger partial charge in [-0.25, -0.2) is 0 Å². The second-order valence-corrected chi connectivity index (χ2v) is 4.76. The fourth-order valence-electron chi connectivity index (χ4n) is 2.94. The van der Waals surface area contributed by atoms with Crippen molar-refractivity contribution in [3.63, 3.8) is 0 Å². The minimum atomic E-state index is 0.467. The lowest BCUT2D eigenvalue weighted by atomic mass is 9.95. The Balaban J connectivity index is 1.44. The smallest absolute Gasteiger partial charge is 0.0733 e. The zero-order valence-electron chi connectivity index (χ0n) is 8.58. The van der Waals surface area contributed by atoms with E-state index in [1.165, 1.54) is 32.1 Å². The van der Waals surface area contributed by atoms with Gasteiger partial charge in [-0.05, 0) is 32.1 Å². The Hall–Kier alpha value is -0.120. The highest BCUT2D eigenvalue weighted by Gasteiger charge is 2.40. The van der Waals surface area contributed by atoms with E-state index in [-0.39, 0.29) is 0 Å². The maximum absolute atomic E-state index is 5.80. The summed E-state index contributed by atoms with van der Waals surface area (Å²) in [6, 6.07) is 0.609. The summed E-state index contributed by atoms with van der Waals surface area (Å²) < 4.78 is 11.4. The Morgan fingerprint density at radius 1 is 1.21 bits per heavy atom. The molecule has 0 aromatic heterocycles. The first kappa shape index (κ1) is 9.13. The average Bonchev–Trinajstić information content (AvgIpc) is 2.91. The van der Waals surface area contributed by atoms with Crippen molar-refractivity contribution >= 4 is 0 Å². The van der Waals surface area contributed by atoms with Crippen molar-refractivity contribution in [2.45, 2.75) is 56.5 Å². The summed E-state index contributed by atoms with van der Waals surface area (Å²) >= 11 is 0. The SMILES string of the molecule is C1COC(CNC2CC3CCC2O3)C1. The fourth-order valence-corrected chi connectivity index (χ4v) is 2.94. The van der Waals surface area contributed by atoms with Crippen LogP contribution in [0.3, 0.4) is 0 Å². The van der Waals surface area contributed by atoms with Gasteiger partial charge in [0.25, 0.3) is 0 Å². The van der Waals surface area contributed by atoms with E-state index in [1.807, 2.05) is 0 Å². The second kappa shape index (κ2) is 3.80. The number of hydrogen-bond donors (Lipinski definition) is 1. The molecule has 0 aromatic rings. The molecular formula is C11H19NO2. The summed E-state index contributed by atoms with van der Waals surface area (Å²) in [4.78, 5) is 0.